The first-order valence-electron chi connectivity index (χ1n) is 15.6. The summed E-state index contributed by atoms with van der Waals surface area (Å²) in [5.74, 6) is -0.840. The quantitative estimate of drug-likeness (QED) is 0.131. The predicted molar refractivity (Wildman–Crippen MR) is 176 cm³/mol. The largest absolute Gasteiger partial charge is 0.458 e. The van der Waals surface area contributed by atoms with Crippen LogP contribution in [0.1, 0.15) is 49.9 Å². The normalized spacial score (nSPS) is 19.0. The maximum absolute atomic E-state index is 14.2. The first kappa shape index (κ1) is 31.2. The second-order valence-electron chi connectivity index (χ2n) is 13.0. The van der Waals surface area contributed by atoms with Gasteiger partial charge in [-0.05, 0) is 49.4 Å². The van der Waals surface area contributed by atoms with Crippen LogP contribution in [0.25, 0.3) is 0 Å². The molecule has 5 rings (SSSR count). The smallest absolute Gasteiger partial charge is 0.333 e. The van der Waals surface area contributed by atoms with Crippen LogP contribution in [-0.4, -0.2) is 45.4 Å². The molecule has 1 amide bonds. The molecule has 1 aliphatic rings. The molecule has 1 heterocycles. The molecule has 0 N–H and O–H groups in total. The number of carbonyl (C=O) groups is 2. The Labute approximate surface area is 262 Å². The average Bonchev–Trinajstić information content (AvgIpc) is 3.02. The Balaban J connectivity index is 1.55. The molecule has 5 nitrogen and oxygen atoms in total. The molecule has 1 saturated heterocycles. The molecule has 0 spiro atoms. The molecule has 0 unspecified atom stereocenters. The molecule has 1 fully saturated rings. The Bertz CT molecular complexity index is 1460. The van der Waals surface area contributed by atoms with Crippen molar-refractivity contribution in [3.8, 4) is 0 Å². The van der Waals surface area contributed by atoms with Crippen molar-refractivity contribution in [2.24, 2.45) is 5.92 Å². The highest BCUT2D eigenvalue weighted by molar-refractivity contribution is 6.01. The van der Waals surface area contributed by atoms with E-state index in [0.717, 1.165) is 12.0 Å². The average molecular weight is 589 g/mol. The Morgan fingerprint density at radius 1 is 0.750 bits per heavy atom. The van der Waals surface area contributed by atoms with E-state index in [9.17, 15) is 9.59 Å². The van der Waals surface area contributed by atoms with Gasteiger partial charge in [-0.2, -0.15) is 0 Å². The van der Waals surface area contributed by atoms with E-state index >= 15 is 0 Å². The van der Waals surface area contributed by atoms with Crippen molar-refractivity contribution in [3.05, 3.63) is 144 Å². The minimum atomic E-state index is -1.09. The van der Waals surface area contributed by atoms with Crippen molar-refractivity contribution in [1.82, 2.24) is 9.80 Å². The number of hydrogen-bond acceptors (Lipinski definition) is 4. The van der Waals surface area contributed by atoms with Gasteiger partial charge >= 0.3 is 5.97 Å². The third kappa shape index (κ3) is 7.28. The lowest BCUT2D eigenvalue weighted by atomic mass is 9.69. The lowest BCUT2D eigenvalue weighted by molar-refractivity contribution is -0.198. The van der Waals surface area contributed by atoms with E-state index in [1.165, 1.54) is 16.7 Å². The Hall–Kier alpha value is -4.22. The number of carbonyl (C=O) groups excluding carboxylic acids is 2. The van der Waals surface area contributed by atoms with Crippen molar-refractivity contribution in [1.29, 1.82) is 0 Å². The molecule has 0 bridgehead atoms. The van der Waals surface area contributed by atoms with Gasteiger partial charge in [0.05, 0.1) is 5.92 Å². The molecule has 0 aliphatic carbocycles. The number of amides is 1. The van der Waals surface area contributed by atoms with Crippen LogP contribution < -0.4 is 0 Å². The molecule has 0 radical (unpaired) electrons. The molecule has 0 saturated carbocycles. The monoisotopic (exact) mass is 588 g/mol. The summed E-state index contributed by atoms with van der Waals surface area (Å²) in [7, 11) is 0. The third-order valence-electron chi connectivity index (χ3n) is 8.58. The molecular weight excluding hydrogens is 544 g/mol. The zero-order valence-electron chi connectivity index (χ0n) is 26.4. The molecular formula is C39H44N2O3. The highest BCUT2D eigenvalue weighted by Gasteiger charge is 2.64. The van der Waals surface area contributed by atoms with E-state index in [2.05, 4.69) is 77.7 Å². The van der Waals surface area contributed by atoms with Crippen LogP contribution in [0.4, 0.5) is 0 Å². The number of β-lactam (4-membered cyclic amide) rings is 1. The highest BCUT2D eigenvalue weighted by Crippen LogP contribution is 2.43. The number of benzene rings is 4. The first-order chi connectivity index (χ1) is 21.2. The SMILES string of the molecule is C[C@@H]1C(=O)N(C[C@H](Cc2ccccc2)N(Cc2ccccc2)Cc2ccccc2)[C@]1(Cc1ccccc1)C(=O)OC(C)(C)C. The number of likely N-dealkylation sites (tertiary alicyclic amines) is 1. The van der Waals surface area contributed by atoms with Crippen LogP contribution in [0.2, 0.25) is 0 Å². The van der Waals surface area contributed by atoms with Gasteiger partial charge in [-0.15, -0.1) is 0 Å². The molecule has 4 aromatic carbocycles. The van der Waals surface area contributed by atoms with Crippen molar-refractivity contribution in [2.75, 3.05) is 6.54 Å². The summed E-state index contributed by atoms with van der Waals surface area (Å²) in [6, 6.07) is 41.3. The summed E-state index contributed by atoms with van der Waals surface area (Å²) in [6.45, 7) is 9.36. The molecule has 1 aliphatic heterocycles. The van der Waals surface area contributed by atoms with Crippen molar-refractivity contribution < 1.29 is 14.3 Å². The fourth-order valence-electron chi connectivity index (χ4n) is 6.29. The van der Waals surface area contributed by atoms with Crippen LogP contribution in [0, 0.1) is 5.92 Å². The zero-order valence-corrected chi connectivity index (χ0v) is 26.4. The van der Waals surface area contributed by atoms with Gasteiger partial charge in [-0.25, -0.2) is 4.79 Å². The van der Waals surface area contributed by atoms with Gasteiger partial charge in [-0.3, -0.25) is 9.69 Å². The van der Waals surface area contributed by atoms with Gasteiger partial charge in [0, 0.05) is 32.1 Å². The van der Waals surface area contributed by atoms with E-state index in [1.54, 1.807) is 0 Å². The topological polar surface area (TPSA) is 49.9 Å². The van der Waals surface area contributed by atoms with Gasteiger partial charge < -0.3 is 9.64 Å². The minimum Gasteiger partial charge on any atom is -0.458 e. The van der Waals surface area contributed by atoms with Crippen molar-refractivity contribution in [3.63, 3.8) is 0 Å². The lowest BCUT2D eigenvalue weighted by Crippen LogP contribution is -2.76. The number of nitrogens with zero attached hydrogens (tertiary/aromatic N) is 2. The second kappa shape index (κ2) is 13.6. The second-order valence-corrected chi connectivity index (χ2v) is 13.0. The fraction of sp³-hybridized carbons (Fsp3) is 0.333. The summed E-state index contributed by atoms with van der Waals surface area (Å²) in [5, 5.41) is 0. The minimum absolute atomic E-state index is 0.00998. The van der Waals surface area contributed by atoms with Crippen LogP contribution >= 0.6 is 0 Å². The highest BCUT2D eigenvalue weighted by atomic mass is 16.6. The van der Waals surface area contributed by atoms with Gasteiger partial charge in [0.15, 0.2) is 5.54 Å². The molecule has 3 atom stereocenters. The van der Waals surface area contributed by atoms with Crippen LogP contribution in [0.3, 0.4) is 0 Å². The summed E-state index contributed by atoms with van der Waals surface area (Å²) < 4.78 is 6.07. The molecule has 4 aromatic rings. The third-order valence-corrected chi connectivity index (χ3v) is 8.58. The van der Waals surface area contributed by atoms with Gasteiger partial charge in [0.2, 0.25) is 5.91 Å². The summed E-state index contributed by atoms with van der Waals surface area (Å²) in [5.41, 5.74) is 2.83. The zero-order chi connectivity index (χ0) is 31.2. The predicted octanol–water partition coefficient (Wildman–Crippen LogP) is 7.10. The van der Waals surface area contributed by atoms with Crippen LogP contribution in [-0.2, 0) is 40.3 Å². The molecule has 5 heteroatoms. The Morgan fingerprint density at radius 3 is 1.64 bits per heavy atom. The van der Waals surface area contributed by atoms with Gasteiger partial charge in [-0.1, -0.05) is 128 Å². The maximum atomic E-state index is 14.2. The number of esters is 1. The van der Waals surface area contributed by atoms with Gasteiger partial charge in [0.1, 0.15) is 5.60 Å². The number of rotatable bonds is 12. The van der Waals surface area contributed by atoms with Crippen molar-refractivity contribution >= 4 is 11.9 Å². The van der Waals surface area contributed by atoms with Crippen LogP contribution in [0.15, 0.2) is 121 Å². The van der Waals surface area contributed by atoms with E-state index in [0.29, 0.717) is 26.1 Å². The number of ether oxygens (including phenoxy) is 1. The Morgan fingerprint density at radius 2 is 1.18 bits per heavy atom. The van der Waals surface area contributed by atoms with E-state index in [4.69, 9.17) is 4.74 Å². The number of hydrogen-bond donors (Lipinski definition) is 0. The summed E-state index contributed by atoms with van der Waals surface area (Å²) in [4.78, 5) is 32.3. The van der Waals surface area contributed by atoms with E-state index in [1.807, 2.05) is 81.1 Å². The summed E-state index contributed by atoms with van der Waals surface area (Å²) in [6.07, 6.45) is 1.14. The first-order valence-corrected chi connectivity index (χ1v) is 15.6. The standard InChI is InChI=1S/C39H44N2O3/c1-30-36(42)41(39(30,37(43)44-38(2,3)4)26-32-19-11-6-12-20-32)29-35(25-31-17-9-5-10-18-31)40(27-33-21-13-7-14-22-33)28-34-23-15-8-16-24-34/h5-24,30,35H,25-29H2,1-4H3/t30-,35+,39+/m1/s1. The fourth-order valence-corrected chi connectivity index (χ4v) is 6.29. The summed E-state index contributed by atoms with van der Waals surface area (Å²) >= 11 is 0. The molecule has 0 aromatic heterocycles. The lowest BCUT2D eigenvalue weighted by Gasteiger charge is -2.56. The Kier molecular flexibility index (Phi) is 9.65. The van der Waals surface area contributed by atoms with Gasteiger partial charge in [0.25, 0.3) is 0 Å². The van der Waals surface area contributed by atoms with Crippen molar-refractivity contribution in [2.45, 2.75) is 70.8 Å². The van der Waals surface area contributed by atoms with Crippen LogP contribution in [0.5, 0.6) is 0 Å². The molecule has 44 heavy (non-hydrogen) atoms. The molecule has 228 valence electrons. The van der Waals surface area contributed by atoms with E-state index < -0.39 is 17.1 Å². The van der Waals surface area contributed by atoms with E-state index in [-0.39, 0.29) is 17.9 Å². The maximum Gasteiger partial charge on any atom is 0.333 e.